The Morgan fingerprint density at radius 3 is 2.19 bits per heavy atom. The Morgan fingerprint density at radius 1 is 0.833 bits per heavy atom. The molecule has 3 aromatic carbocycles. The van der Waals surface area contributed by atoms with E-state index in [-0.39, 0.29) is 28.7 Å². The van der Waals surface area contributed by atoms with Crippen LogP contribution in [0.2, 0.25) is 25.1 Å². The van der Waals surface area contributed by atoms with E-state index < -0.39 is 11.9 Å². The van der Waals surface area contributed by atoms with Gasteiger partial charge in [0.05, 0.1) is 27.0 Å². The molecule has 0 spiro atoms. The molecule has 0 atom stereocenters. The highest BCUT2D eigenvalue weighted by molar-refractivity contribution is 6.37. The second-order valence-corrected chi connectivity index (χ2v) is 11.2. The fourth-order valence-electron chi connectivity index (χ4n) is 4.17. The lowest BCUT2D eigenvalue weighted by molar-refractivity contribution is 0.0727. The van der Waals surface area contributed by atoms with Crippen molar-refractivity contribution in [2.75, 3.05) is 0 Å². The molecular weight excluding hydrogens is 642 g/mol. The van der Waals surface area contributed by atoms with E-state index in [1.54, 1.807) is 54.1 Å². The predicted octanol–water partition coefficient (Wildman–Crippen LogP) is 8.66. The van der Waals surface area contributed by atoms with E-state index in [2.05, 4.69) is 15.4 Å². The van der Waals surface area contributed by atoms with Crippen LogP contribution in [0.4, 0.5) is 0 Å². The van der Waals surface area contributed by atoms with Gasteiger partial charge in [0.25, 0.3) is 5.91 Å². The molecule has 0 aliphatic heterocycles. The molecule has 2 heterocycles. The van der Waals surface area contributed by atoms with Crippen LogP contribution in [-0.4, -0.2) is 26.6 Å². The van der Waals surface area contributed by atoms with Crippen LogP contribution in [-0.2, 0) is 6.54 Å². The number of benzene rings is 3. The highest BCUT2D eigenvalue weighted by Crippen LogP contribution is 2.33. The minimum atomic E-state index is -0.692. The summed E-state index contributed by atoms with van der Waals surface area (Å²) in [5, 5.41) is 9.45. The van der Waals surface area contributed by atoms with E-state index in [1.165, 1.54) is 24.4 Å². The average Bonchev–Trinajstić information content (AvgIpc) is 3.29. The molecule has 42 heavy (non-hydrogen) atoms. The van der Waals surface area contributed by atoms with Crippen LogP contribution in [0, 0.1) is 6.92 Å². The molecule has 7 nitrogen and oxygen atoms in total. The molecule has 1 amide bonds. The molecule has 5 aromatic rings. The van der Waals surface area contributed by atoms with Crippen molar-refractivity contribution in [3.05, 3.63) is 126 Å². The lowest BCUT2D eigenvalue weighted by Crippen LogP contribution is -2.24. The molecule has 5 rings (SSSR count). The molecule has 0 fully saturated rings. The first-order valence-electron chi connectivity index (χ1n) is 12.3. The number of pyridine rings is 1. The Bertz CT molecular complexity index is 1820. The zero-order valence-corrected chi connectivity index (χ0v) is 25.4. The maximum atomic E-state index is 13.4. The number of carbonyl (C=O) groups is 2. The lowest BCUT2D eigenvalue weighted by atomic mass is 10.1. The minimum absolute atomic E-state index is 0.0422. The first-order chi connectivity index (χ1) is 20.1. The summed E-state index contributed by atoms with van der Waals surface area (Å²) < 4.78 is 6.99. The fourth-order valence-corrected chi connectivity index (χ4v) is 5.27. The quantitative estimate of drug-likeness (QED) is 0.177. The second kappa shape index (κ2) is 12.7. The molecule has 12 heteroatoms. The number of halogens is 5. The zero-order chi connectivity index (χ0) is 30.0. The zero-order valence-electron chi connectivity index (χ0n) is 21.7. The maximum Gasteiger partial charge on any atom is 0.346 e. The van der Waals surface area contributed by atoms with Crippen molar-refractivity contribution in [1.29, 1.82) is 0 Å². The number of nitrogens with one attached hydrogen (secondary N) is 1. The van der Waals surface area contributed by atoms with Crippen LogP contribution < -0.4 is 10.1 Å². The molecule has 1 N–H and O–H groups in total. The van der Waals surface area contributed by atoms with Crippen LogP contribution in [0.25, 0.3) is 16.9 Å². The largest absolute Gasteiger partial charge is 0.404 e. The molecule has 212 valence electrons. The Kier molecular flexibility index (Phi) is 9.06. The Labute approximate surface area is 265 Å². The SMILES string of the molecule is Cc1c(C(=O)NCc2ccnc(OC(=O)c3ccc(Cl)cc3Cl)c2)nn(-c2ccc(Cl)cc2Cl)c1-c1ccc(Cl)cc1. The standard InChI is InChI=1S/C30H19Cl5N4O3/c1-16-27(38-39(25-9-7-21(33)14-24(25)35)28(16)18-2-4-19(31)5-3-18)29(40)37-15-17-10-11-36-26(12-17)42-30(41)22-8-6-20(32)13-23(22)34/h2-14H,15H2,1H3,(H,37,40). The number of ether oxygens (including phenoxy) is 1. The molecule has 0 radical (unpaired) electrons. The van der Waals surface area contributed by atoms with Gasteiger partial charge < -0.3 is 10.1 Å². The van der Waals surface area contributed by atoms with E-state index in [0.29, 0.717) is 42.6 Å². The van der Waals surface area contributed by atoms with Gasteiger partial charge in [-0.1, -0.05) is 70.1 Å². The van der Waals surface area contributed by atoms with Crippen LogP contribution in [0.15, 0.2) is 79.0 Å². The summed E-state index contributed by atoms with van der Waals surface area (Å²) in [4.78, 5) is 30.0. The Hall–Kier alpha value is -3.59. The van der Waals surface area contributed by atoms with E-state index >= 15 is 0 Å². The van der Waals surface area contributed by atoms with Crippen molar-refractivity contribution in [3.8, 4) is 22.8 Å². The summed E-state index contributed by atoms with van der Waals surface area (Å²) in [7, 11) is 0. The number of nitrogens with zero attached hydrogens (tertiary/aromatic N) is 3. The van der Waals surface area contributed by atoms with E-state index in [1.807, 2.05) is 12.1 Å². The van der Waals surface area contributed by atoms with Crippen LogP contribution >= 0.6 is 58.0 Å². The van der Waals surface area contributed by atoms with Gasteiger partial charge in [-0.25, -0.2) is 14.5 Å². The third kappa shape index (κ3) is 6.56. The van der Waals surface area contributed by atoms with Gasteiger partial charge in [-0.05, 0) is 67.1 Å². The van der Waals surface area contributed by atoms with Crippen LogP contribution in [0.3, 0.4) is 0 Å². The summed E-state index contributed by atoms with van der Waals surface area (Å²) in [6.45, 7) is 1.91. The summed E-state index contributed by atoms with van der Waals surface area (Å²) in [5.74, 6) is -1.07. The van der Waals surface area contributed by atoms with Gasteiger partial charge in [-0.3, -0.25) is 4.79 Å². The minimum Gasteiger partial charge on any atom is -0.404 e. The number of aromatic nitrogens is 3. The number of hydrogen-bond acceptors (Lipinski definition) is 5. The number of rotatable bonds is 7. The Morgan fingerprint density at radius 2 is 1.50 bits per heavy atom. The summed E-state index contributed by atoms with van der Waals surface area (Å²) in [5.41, 5.74) is 3.61. The van der Waals surface area contributed by atoms with Gasteiger partial charge in [0.15, 0.2) is 5.69 Å². The van der Waals surface area contributed by atoms with E-state index in [0.717, 1.165) is 5.56 Å². The summed E-state index contributed by atoms with van der Waals surface area (Å²) in [6.07, 6.45) is 1.47. The molecule has 0 saturated carbocycles. The van der Waals surface area contributed by atoms with E-state index in [9.17, 15) is 9.59 Å². The normalized spacial score (nSPS) is 10.9. The molecule has 0 aliphatic carbocycles. The van der Waals surface area contributed by atoms with Gasteiger partial charge in [0.1, 0.15) is 0 Å². The molecule has 0 aliphatic rings. The number of esters is 1. The monoisotopic (exact) mass is 658 g/mol. The third-order valence-corrected chi connectivity index (χ3v) is 7.53. The molecular formula is C30H19Cl5N4O3. The molecule has 0 saturated heterocycles. The van der Waals surface area contributed by atoms with Crippen LogP contribution in [0.5, 0.6) is 5.88 Å². The van der Waals surface area contributed by atoms with Crippen molar-refractivity contribution in [3.63, 3.8) is 0 Å². The fraction of sp³-hybridized carbons (Fsp3) is 0.0667. The lowest BCUT2D eigenvalue weighted by Gasteiger charge is -2.11. The van der Waals surface area contributed by atoms with Crippen molar-refractivity contribution in [1.82, 2.24) is 20.1 Å². The average molecular weight is 661 g/mol. The molecule has 2 aromatic heterocycles. The maximum absolute atomic E-state index is 13.4. The highest BCUT2D eigenvalue weighted by atomic mass is 35.5. The van der Waals surface area contributed by atoms with Gasteiger partial charge in [0.2, 0.25) is 5.88 Å². The van der Waals surface area contributed by atoms with Gasteiger partial charge >= 0.3 is 5.97 Å². The second-order valence-electron chi connectivity index (χ2n) is 9.04. The first kappa shape index (κ1) is 29.9. The molecule has 0 unspecified atom stereocenters. The van der Waals surface area contributed by atoms with E-state index in [4.69, 9.17) is 62.7 Å². The number of amides is 1. The van der Waals surface area contributed by atoms with Gasteiger partial charge in [-0.2, -0.15) is 5.10 Å². The summed E-state index contributed by atoms with van der Waals surface area (Å²) >= 11 is 30.8. The Balaban J connectivity index is 1.38. The predicted molar refractivity (Wildman–Crippen MR) is 166 cm³/mol. The van der Waals surface area contributed by atoms with Crippen molar-refractivity contribution in [2.24, 2.45) is 0 Å². The van der Waals surface area contributed by atoms with Crippen LogP contribution in [0.1, 0.15) is 32.0 Å². The first-order valence-corrected chi connectivity index (χ1v) is 14.2. The molecule has 0 bridgehead atoms. The highest BCUT2D eigenvalue weighted by Gasteiger charge is 2.23. The van der Waals surface area contributed by atoms with Crippen molar-refractivity contribution < 1.29 is 14.3 Å². The van der Waals surface area contributed by atoms with Crippen molar-refractivity contribution >= 4 is 69.9 Å². The smallest absolute Gasteiger partial charge is 0.346 e. The topological polar surface area (TPSA) is 86.1 Å². The number of hydrogen-bond donors (Lipinski definition) is 1. The van der Waals surface area contributed by atoms with Crippen molar-refractivity contribution in [2.45, 2.75) is 13.5 Å². The van der Waals surface area contributed by atoms with Gasteiger partial charge in [0, 0.05) is 45.0 Å². The third-order valence-electron chi connectivity index (χ3n) is 6.19. The number of carbonyl (C=O) groups excluding carboxylic acids is 2. The summed E-state index contributed by atoms with van der Waals surface area (Å²) in [6, 6.07) is 19.9. The van der Waals surface area contributed by atoms with Gasteiger partial charge in [-0.15, -0.1) is 0 Å².